The van der Waals surface area contributed by atoms with E-state index in [0.717, 1.165) is 0 Å². The summed E-state index contributed by atoms with van der Waals surface area (Å²) in [5, 5.41) is 19.3. The summed E-state index contributed by atoms with van der Waals surface area (Å²) < 4.78 is 0.400. The minimum absolute atomic E-state index is 0.400. The topological polar surface area (TPSA) is 40.5 Å². The number of hydrogen-bond acceptors (Lipinski definition) is 3. The molecule has 0 aliphatic carbocycles. The van der Waals surface area contributed by atoms with Crippen molar-refractivity contribution < 1.29 is 10.0 Å². The molecule has 0 bridgehead atoms. The Kier molecular flexibility index (Phi) is 2.13. The zero-order valence-corrected chi connectivity index (χ0v) is 5.99. The van der Waals surface area contributed by atoms with Gasteiger partial charge in [0.25, 0.3) is 0 Å². The van der Waals surface area contributed by atoms with Gasteiger partial charge in [0.2, 0.25) is 0 Å². The van der Waals surface area contributed by atoms with Gasteiger partial charge in [0.15, 0.2) is 0 Å². The van der Waals surface area contributed by atoms with Gasteiger partial charge in [-0.2, -0.15) is 11.3 Å². The van der Waals surface area contributed by atoms with Crippen molar-refractivity contribution in [3.05, 3.63) is 16.5 Å². The maximum Gasteiger partial charge on any atom is 0.500 e. The van der Waals surface area contributed by atoms with Gasteiger partial charge in [0.05, 0.1) is 9.80 Å². The van der Waals surface area contributed by atoms with Gasteiger partial charge < -0.3 is 10.0 Å². The smallest absolute Gasteiger partial charge is 0.423 e. The van der Waals surface area contributed by atoms with Crippen molar-refractivity contribution in [2.75, 3.05) is 0 Å². The highest BCUT2D eigenvalue weighted by molar-refractivity contribution is 7.21. The normalized spacial score (nSPS) is 9.67. The van der Waals surface area contributed by atoms with Crippen molar-refractivity contribution in [3.63, 3.8) is 0 Å². The van der Waals surface area contributed by atoms with Crippen LogP contribution >= 0.6 is 22.9 Å². The third-order valence-electron chi connectivity index (χ3n) is 0.879. The summed E-state index contributed by atoms with van der Waals surface area (Å²) in [6.07, 6.45) is 0. The largest absolute Gasteiger partial charge is 0.500 e. The molecule has 1 aromatic rings. The van der Waals surface area contributed by atoms with Crippen LogP contribution in [0.2, 0.25) is 5.02 Å². The molecule has 0 aliphatic rings. The van der Waals surface area contributed by atoms with Crippen LogP contribution in [0.15, 0.2) is 11.4 Å². The number of halogens is 1. The van der Waals surface area contributed by atoms with Crippen molar-refractivity contribution in [2.45, 2.75) is 0 Å². The molecule has 0 amide bonds. The Bertz CT molecular complexity index is 200. The first-order chi connectivity index (χ1) is 4.22. The van der Waals surface area contributed by atoms with Gasteiger partial charge in [-0.3, -0.25) is 0 Å². The first kappa shape index (κ1) is 7.09. The van der Waals surface area contributed by atoms with Crippen LogP contribution in [0.4, 0.5) is 0 Å². The average molecular weight is 162 g/mol. The zero-order chi connectivity index (χ0) is 6.85. The van der Waals surface area contributed by atoms with Crippen LogP contribution in [0.1, 0.15) is 0 Å². The maximum atomic E-state index is 8.57. The fourth-order valence-electron chi connectivity index (χ4n) is 0.490. The molecule has 2 nitrogen and oxygen atoms in total. The fourth-order valence-corrected chi connectivity index (χ4v) is 1.51. The summed E-state index contributed by atoms with van der Waals surface area (Å²) >= 11 is 6.75. The summed E-state index contributed by atoms with van der Waals surface area (Å²) in [4.78, 5) is 0. The highest BCUT2D eigenvalue weighted by Gasteiger charge is 2.15. The first-order valence-corrected chi connectivity index (χ1v) is 3.56. The highest BCUT2D eigenvalue weighted by atomic mass is 35.5. The summed E-state index contributed by atoms with van der Waals surface area (Å²) in [6.45, 7) is 0. The van der Waals surface area contributed by atoms with Crippen LogP contribution in [-0.2, 0) is 0 Å². The molecular formula is C4H4BClO2S. The second kappa shape index (κ2) is 2.71. The number of thiophene rings is 1. The van der Waals surface area contributed by atoms with E-state index < -0.39 is 7.12 Å². The molecule has 48 valence electrons. The highest BCUT2D eigenvalue weighted by Crippen LogP contribution is 2.09. The van der Waals surface area contributed by atoms with Gasteiger partial charge in [-0.15, -0.1) is 0 Å². The van der Waals surface area contributed by atoms with Gasteiger partial charge in [0.1, 0.15) is 0 Å². The van der Waals surface area contributed by atoms with Crippen molar-refractivity contribution in [2.24, 2.45) is 0 Å². The lowest BCUT2D eigenvalue weighted by Gasteiger charge is -1.91. The van der Waals surface area contributed by atoms with Gasteiger partial charge in [-0.25, -0.2) is 0 Å². The second-order valence-electron chi connectivity index (χ2n) is 1.51. The van der Waals surface area contributed by atoms with Crippen LogP contribution < -0.4 is 4.78 Å². The average Bonchev–Trinajstić information content (AvgIpc) is 2.13. The van der Waals surface area contributed by atoms with Crippen LogP contribution in [0, 0.1) is 0 Å². The van der Waals surface area contributed by atoms with Crippen molar-refractivity contribution in [1.82, 2.24) is 0 Å². The Balaban J connectivity index is 2.94. The van der Waals surface area contributed by atoms with E-state index in [-0.39, 0.29) is 0 Å². The van der Waals surface area contributed by atoms with E-state index in [2.05, 4.69) is 0 Å². The molecule has 0 saturated heterocycles. The minimum Gasteiger partial charge on any atom is -0.423 e. The van der Waals surface area contributed by atoms with Crippen LogP contribution in [0.3, 0.4) is 0 Å². The number of rotatable bonds is 1. The number of hydrogen-bond donors (Lipinski definition) is 2. The Morgan fingerprint density at radius 3 is 2.44 bits per heavy atom. The molecule has 0 saturated carbocycles. The van der Waals surface area contributed by atoms with Gasteiger partial charge in [-0.05, 0) is 11.4 Å². The molecule has 0 spiro atoms. The van der Waals surface area contributed by atoms with E-state index >= 15 is 0 Å². The summed E-state index contributed by atoms with van der Waals surface area (Å²) in [5.74, 6) is 0. The van der Waals surface area contributed by atoms with Crippen LogP contribution in [0.25, 0.3) is 0 Å². The SMILES string of the molecule is OB(O)c1sccc1Cl. The molecule has 2 N–H and O–H groups in total. The fraction of sp³-hybridized carbons (Fsp3) is 0. The van der Waals surface area contributed by atoms with Gasteiger partial charge in [0, 0.05) is 0 Å². The van der Waals surface area contributed by atoms with E-state index in [4.69, 9.17) is 21.6 Å². The molecule has 0 aromatic carbocycles. The lowest BCUT2D eigenvalue weighted by molar-refractivity contribution is 0.427. The molecule has 0 aliphatic heterocycles. The predicted molar refractivity (Wildman–Crippen MR) is 39.2 cm³/mol. The van der Waals surface area contributed by atoms with Crippen molar-refractivity contribution in [1.29, 1.82) is 0 Å². The second-order valence-corrected chi connectivity index (χ2v) is 2.86. The predicted octanol–water partition coefficient (Wildman–Crippen LogP) is 0.0813. The minimum atomic E-state index is -1.43. The molecule has 1 aromatic heterocycles. The van der Waals surface area contributed by atoms with Crippen LogP contribution in [0.5, 0.6) is 0 Å². The van der Waals surface area contributed by atoms with Gasteiger partial charge in [-0.1, -0.05) is 11.6 Å². The maximum absolute atomic E-state index is 8.57. The standard InChI is InChI=1S/C4H4BClO2S/c6-3-1-2-9-4(3)5(7)8/h1-2,7-8H. The Labute approximate surface area is 61.9 Å². The van der Waals surface area contributed by atoms with E-state index in [1.165, 1.54) is 11.3 Å². The lowest BCUT2D eigenvalue weighted by Crippen LogP contribution is -2.27. The molecule has 0 fully saturated rings. The Morgan fingerprint density at radius 2 is 2.22 bits per heavy atom. The summed E-state index contributed by atoms with van der Waals surface area (Å²) in [7, 11) is -1.43. The van der Waals surface area contributed by atoms with E-state index in [1.807, 2.05) is 0 Å². The van der Waals surface area contributed by atoms with E-state index in [1.54, 1.807) is 11.4 Å². The van der Waals surface area contributed by atoms with Gasteiger partial charge >= 0.3 is 7.12 Å². The van der Waals surface area contributed by atoms with E-state index in [0.29, 0.717) is 9.80 Å². The van der Waals surface area contributed by atoms with E-state index in [9.17, 15) is 0 Å². The van der Waals surface area contributed by atoms with Crippen molar-refractivity contribution in [3.8, 4) is 0 Å². The van der Waals surface area contributed by atoms with Crippen LogP contribution in [-0.4, -0.2) is 17.2 Å². The monoisotopic (exact) mass is 162 g/mol. The first-order valence-electron chi connectivity index (χ1n) is 2.31. The molecule has 1 heterocycles. The zero-order valence-electron chi connectivity index (χ0n) is 4.41. The molecule has 0 atom stereocenters. The third-order valence-corrected chi connectivity index (χ3v) is 2.28. The Hall–Kier alpha value is -0.0251. The summed E-state index contributed by atoms with van der Waals surface area (Å²) in [6, 6.07) is 1.63. The molecule has 0 radical (unpaired) electrons. The van der Waals surface area contributed by atoms with Crippen molar-refractivity contribution >= 4 is 34.8 Å². The Morgan fingerprint density at radius 1 is 1.56 bits per heavy atom. The summed E-state index contributed by atoms with van der Waals surface area (Å²) in [5.41, 5.74) is 0. The lowest BCUT2D eigenvalue weighted by atomic mass is 9.90. The molecule has 1 rings (SSSR count). The molecular weight excluding hydrogens is 158 g/mol. The third kappa shape index (κ3) is 1.46. The quantitative estimate of drug-likeness (QED) is 0.574. The molecule has 5 heteroatoms. The molecule has 9 heavy (non-hydrogen) atoms. The molecule has 0 unspecified atom stereocenters.